The van der Waals surface area contributed by atoms with Gasteiger partial charge in [-0.1, -0.05) is 112 Å². The van der Waals surface area contributed by atoms with E-state index in [0.29, 0.717) is 17.7 Å². The Hall–Kier alpha value is -3.66. The van der Waals surface area contributed by atoms with Crippen LogP contribution in [0.5, 0.6) is 5.75 Å². The maximum Gasteiger partial charge on any atom is 0.261 e. The van der Waals surface area contributed by atoms with Gasteiger partial charge in [0.25, 0.3) is 11.8 Å². The van der Waals surface area contributed by atoms with Crippen molar-refractivity contribution < 1.29 is 14.3 Å². The summed E-state index contributed by atoms with van der Waals surface area (Å²) in [6.07, 6.45) is 11.7. The van der Waals surface area contributed by atoms with Crippen LogP contribution in [0.25, 0.3) is 21.5 Å². The molecule has 38 heavy (non-hydrogen) atoms. The second-order valence-corrected chi connectivity index (χ2v) is 10.3. The number of benzene rings is 4. The zero-order valence-electron chi connectivity index (χ0n) is 22.2. The van der Waals surface area contributed by atoms with Crippen LogP contribution in [0.1, 0.15) is 84.9 Å². The van der Waals surface area contributed by atoms with Crippen molar-refractivity contribution in [2.24, 2.45) is 0 Å². The van der Waals surface area contributed by atoms with Crippen molar-refractivity contribution in [2.45, 2.75) is 64.2 Å². The van der Waals surface area contributed by atoms with Gasteiger partial charge in [0.1, 0.15) is 5.75 Å². The number of carbonyl (C=O) groups excluding carboxylic acids is 2. The van der Waals surface area contributed by atoms with Crippen LogP contribution >= 0.6 is 0 Å². The molecule has 4 nitrogen and oxygen atoms in total. The number of unbranched alkanes of at least 4 members (excludes halogenated alkanes) is 9. The second kappa shape index (κ2) is 12.7. The van der Waals surface area contributed by atoms with Crippen LogP contribution in [0.4, 0.5) is 0 Å². The first kappa shape index (κ1) is 26.0. The molecule has 1 aliphatic heterocycles. The van der Waals surface area contributed by atoms with Crippen LogP contribution in [0.15, 0.2) is 78.9 Å². The molecule has 0 bridgehead atoms. The van der Waals surface area contributed by atoms with Gasteiger partial charge in [-0.25, -0.2) is 0 Å². The molecule has 4 aromatic carbocycles. The molecule has 1 heterocycles. The van der Waals surface area contributed by atoms with E-state index in [0.717, 1.165) is 38.0 Å². The summed E-state index contributed by atoms with van der Waals surface area (Å²) >= 11 is 0. The van der Waals surface area contributed by atoms with Crippen molar-refractivity contribution in [1.82, 2.24) is 4.90 Å². The van der Waals surface area contributed by atoms with E-state index in [2.05, 4.69) is 54.6 Å². The van der Waals surface area contributed by atoms with E-state index in [1.54, 1.807) is 12.1 Å². The van der Waals surface area contributed by atoms with Gasteiger partial charge in [-0.2, -0.15) is 0 Å². The van der Waals surface area contributed by atoms with E-state index < -0.39 is 0 Å². The highest BCUT2D eigenvalue weighted by atomic mass is 16.5. The SMILES string of the molecule is O=C1c2ccccc2C(=O)N1CCCCCCCCCCCCOc1c2ccccc2cc2ccccc12. The van der Waals surface area contributed by atoms with E-state index in [4.69, 9.17) is 4.74 Å². The molecule has 0 aromatic heterocycles. The van der Waals surface area contributed by atoms with Crippen LogP contribution in [0.3, 0.4) is 0 Å². The lowest BCUT2D eigenvalue weighted by atomic mass is 10.0. The number of imide groups is 1. The molecule has 0 N–H and O–H groups in total. The summed E-state index contributed by atoms with van der Waals surface area (Å²) in [5, 5.41) is 4.83. The normalized spacial score (nSPS) is 13.0. The molecule has 0 saturated heterocycles. The summed E-state index contributed by atoms with van der Waals surface area (Å²) in [4.78, 5) is 26.2. The maximum absolute atomic E-state index is 12.4. The molecule has 5 rings (SSSR count). The van der Waals surface area contributed by atoms with Crippen LogP contribution in [0, 0.1) is 0 Å². The third-order valence-electron chi connectivity index (χ3n) is 7.62. The Bertz CT molecular complexity index is 1320. The van der Waals surface area contributed by atoms with Crippen molar-refractivity contribution in [3.63, 3.8) is 0 Å². The van der Waals surface area contributed by atoms with Gasteiger partial charge >= 0.3 is 0 Å². The molecule has 0 aliphatic carbocycles. The highest BCUT2D eigenvalue weighted by molar-refractivity contribution is 6.21. The third-order valence-corrected chi connectivity index (χ3v) is 7.62. The van der Waals surface area contributed by atoms with Gasteiger partial charge in [0.2, 0.25) is 0 Å². The van der Waals surface area contributed by atoms with E-state index in [1.807, 2.05) is 12.1 Å². The molecule has 0 radical (unpaired) electrons. The van der Waals surface area contributed by atoms with Crippen LogP contribution in [-0.2, 0) is 0 Å². The molecule has 0 atom stereocenters. The number of hydrogen-bond acceptors (Lipinski definition) is 3. The van der Waals surface area contributed by atoms with Crippen molar-refractivity contribution in [2.75, 3.05) is 13.2 Å². The average molecular weight is 508 g/mol. The van der Waals surface area contributed by atoms with Crippen molar-refractivity contribution in [1.29, 1.82) is 0 Å². The molecule has 0 fully saturated rings. The third kappa shape index (κ3) is 5.91. The average Bonchev–Trinajstić information content (AvgIpc) is 3.19. The lowest BCUT2D eigenvalue weighted by molar-refractivity contribution is 0.0651. The number of fused-ring (bicyclic) bond motifs is 3. The molecule has 0 saturated carbocycles. The van der Waals surface area contributed by atoms with Crippen molar-refractivity contribution in [3.05, 3.63) is 90.0 Å². The number of carbonyl (C=O) groups is 2. The Morgan fingerprint density at radius 2 is 0.974 bits per heavy atom. The van der Waals surface area contributed by atoms with Crippen LogP contribution < -0.4 is 4.74 Å². The first-order valence-corrected chi connectivity index (χ1v) is 14.2. The molecular weight excluding hydrogens is 470 g/mol. The fourth-order valence-electron chi connectivity index (χ4n) is 5.53. The fourth-order valence-corrected chi connectivity index (χ4v) is 5.53. The van der Waals surface area contributed by atoms with Gasteiger partial charge in [-0.05, 0) is 41.8 Å². The Balaban J connectivity index is 0.922. The van der Waals surface area contributed by atoms with Crippen LogP contribution in [-0.4, -0.2) is 29.9 Å². The lowest BCUT2D eigenvalue weighted by Crippen LogP contribution is -2.30. The molecule has 2 amide bonds. The largest absolute Gasteiger partial charge is 0.492 e. The minimum absolute atomic E-state index is 0.138. The number of ether oxygens (including phenoxy) is 1. The molecule has 1 aliphatic rings. The minimum atomic E-state index is -0.138. The second-order valence-electron chi connectivity index (χ2n) is 10.3. The van der Waals surface area contributed by atoms with Gasteiger partial charge in [0.15, 0.2) is 0 Å². The highest BCUT2D eigenvalue weighted by Crippen LogP contribution is 2.35. The molecule has 4 heteroatoms. The summed E-state index contributed by atoms with van der Waals surface area (Å²) in [7, 11) is 0. The Labute approximate surface area is 225 Å². The molecule has 0 spiro atoms. The lowest BCUT2D eigenvalue weighted by Gasteiger charge is -2.13. The summed E-state index contributed by atoms with van der Waals surface area (Å²) in [5.74, 6) is 0.740. The standard InChI is InChI=1S/C34H37NO3/c36-33-30-21-13-14-22-31(30)34(37)35(33)23-15-7-5-3-1-2-4-6-8-16-24-38-32-28-19-11-9-17-26(28)25-27-18-10-12-20-29(27)32/h9-14,17-22,25H,1-8,15-16,23-24H2. The molecular formula is C34H37NO3. The first-order chi connectivity index (χ1) is 18.7. The summed E-state index contributed by atoms with van der Waals surface area (Å²) in [6.45, 7) is 1.29. The Morgan fingerprint density at radius 3 is 1.53 bits per heavy atom. The zero-order chi connectivity index (χ0) is 26.2. The van der Waals surface area contributed by atoms with Gasteiger partial charge in [0.05, 0.1) is 17.7 Å². The maximum atomic E-state index is 12.4. The first-order valence-electron chi connectivity index (χ1n) is 14.2. The molecule has 0 unspecified atom stereocenters. The number of amides is 2. The quantitative estimate of drug-likeness (QED) is 0.0975. The van der Waals surface area contributed by atoms with Gasteiger partial charge in [-0.3, -0.25) is 14.5 Å². The van der Waals surface area contributed by atoms with E-state index in [1.165, 1.54) is 65.0 Å². The number of rotatable bonds is 14. The van der Waals surface area contributed by atoms with E-state index >= 15 is 0 Å². The van der Waals surface area contributed by atoms with Crippen LogP contribution in [0.2, 0.25) is 0 Å². The van der Waals surface area contributed by atoms with E-state index in [9.17, 15) is 9.59 Å². The fraction of sp³-hybridized carbons (Fsp3) is 0.353. The molecule has 4 aromatic rings. The molecule has 196 valence electrons. The van der Waals surface area contributed by atoms with Gasteiger partial charge in [0, 0.05) is 17.3 Å². The number of nitrogens with zero attached hydrogens (tertiary/aromatic N) is 1. The summed E-state index contributed by atoms with van der Waals surface area (Å²) in [6, 6.07) is 26.3. The predicted octanol–water partition coefficient (Wildman–Crippen LogP) is 8.57. The minimum Gasteiger partial charge on any atom is -0.492 e. The smallest absolute Gasteiger partial charge is 0.261 e. The van der Waals surface area contributed by atoms with Gasteiger partial charge < -0.3 is 4.74 Å². The monoisotopic (exact) mass is 507 g/mol. The highest BCUT2D eigenvalue weighted by Gasteiger charge is 2.34. The summed E-state index contributed by atoms with van der Waals surface area (Å²) in [5.41, 5.74) is 1.09. The zero-order valence-corrected chi connectivity index (χ0v) is 22.2. The summed E-state index contributed by atoms with van der Waals surface area (Å²) < 4.78 is 6.34. The van der Waals surface area contributed by atoms with Crippen molar-refractivity contribution in [3.8, 4) is 5.75 Å². The topological polar surface area (TPSA) is 46.6 Å². The van der Waals surface area contributed by atoms with Gasteiger partial charge in [-0.15, -0.1) is 0 Å². The van der Waals surface area contributed by atoms with E-state index in [-0.39, 0.29) is 11.8 Å². The Kier molecular flexibility index (Phi) is 8.70. The Morgan fingerprint density at radius 1 is 0.526 bits per heavy atom. The number of hydrogen-bond donors (Lipinski definition) is 0. The van der Waals surface area contributed by atoms with Crippen molar-refractivity contribution >= 4 is 33.4 Å². The predicted molar refractivity (Wildman–Crippen MR) is 155 cm³/mol.